The topological polar surface area (TPSA) is 48.0 Å². The van der Waals surface area contributed by atoms with E-state index < -0.39 is 53.1 Å². The molecule has 14 heteroatoms. The first-order valence-electron chi connectivity index (χ1n) is 11.7. The van der Waals surface area contributed by atoms with Crippen LogP contribution in [0.2, 0.25) is 0 Å². The molecule has 1 amide bonds. The van der Waals surface area contributed by atoms with Gasteiger partial charge in [-0.25, -0.2) is 0 Å². The lowest BCUT2D eigenvalue weighted by Gasteiger charge is -2.39. The quantitative estimate of drug-likeness (QED) is 0.289. The number of benzene rings is 3. The van der Waals surface area contributed by atoms with Crippen molar-refractivity contribution in [3.05, 3.63) is 88.0 Å². The van der Waals surface area contributed by atoms with Gasteiger partial charge in [-0.1, -0.05) is 12.1 Å². The number of carbonyl (C=O) groups excluding carboxylic acids is 1. The summed E-state index contributed by atoms with van der Waals surface area (Å²) < 4.78 is 135. The van der Waals surface area contributed by atoms with E-state index in [-0.39, 0.29) is 35.9 Å². The number of hydrogen-bond acceptors (Lipinski definition) is 4. The number of hydrogen-bond donors (Lipinski definition) is 0. The molecule has 0 aliphatic carbocycles. The highest BCUT2D eigenvalue weighted by molar-refractivity contribution is 5.95. The van der Waals surface area contributed by atoms with Crippen LogP contribution in [0.3, 0.4) is 0 Å². The number of nitrogens with zero attached hydrogens (tertiary/aromatic N) is 1. The molecular weight excluding hydrogens is 573 g/mol. The Hall–Kier alpha value is -4.10. The van der Waals surface area contributed by atoms with E-state index in [2.05, 4.69) is 4.74 Å². The predicted molar refractivity (Wildman–Crippen MR) is 126 cm³/mol. The molecule has 0 aromatic heterocycles. The molecule has 0 saturated carbocycles. The van der Waals surface area contributed by atoms with E-state index in [0.717, 1.165) is 17.0 Å². The van der Waals surface area contributed by atoms with Gasteiger partial charge in [0.2, 0.25) is 0 Å². The van der Waals surface area contributed by atoms with Gasteiger partial charge in [0, 0.05) is 23.7 Å². The number of methoxy groups -OCH3 is 2. The van der Waals surface area contributed by atoms with E-state index in [1.54, 1.807) is 6.07 Å². The minimum Gasteiger partial charge on any atom is -0.497 e. The Balaban J connectivity index is 1.92. The molecule has 1 aliphatic rings. The van der Waals surface area contributed by atoms with Crippen LogP contribution in [0.15, 0.2) is 54.6 Å². The molecular formula is C27H20F9NO4. The maximum atomic E-state index is 13.7. The molecule has 0 radical (unpaired) electrons. The first-order chi connectivity index (χ1) is 19.0. The van der Waals surface area contributed by atoms with E-state index in [1.165, 1.54) is 32.4 Å². The Morgan fingerprint density at radius 1 is 0.805 bits per heavy atom. The highest BCUT2D eigenvalue weighted by atomic mass is 19.4. The lowest BCUT2D eigenvalue weighted by molar-refractivity contribution is -0.274. The van der Waals surface area contributed by atoms with E-state index in [0.29, 0.717) is 23.4 Å². The van der Waals surface area contributed by atoms with Crippen molar-refractivity contribution in [3.63, 3.8) is 0 Å². The summed E-state index contributed by atoms with van der Waals surface area (Å²) in [6.45, 7) is -0.214. The summed E-state index contributed by atoms with van der Waals surface area (Å²) in [5, 5.41) is 0. The average Bonchev–Trinajstić information content (AvgIpc) is 2.89. The van der Waals surface area contributed by atoms with Gasteiger partial charge < -0.3 is 19.1 Å². The second-order valence-corrected chi connectivity index (χ2v) is 8.97. The van der Waals surface area contributed by atoms with E-state index in [9.17, 15) is 44.3 Å². The predicted octanol–water partition coefficient (Wildman–Crippen LogP) is 7.43. The average molecular weight is 593 g/mol. The smallest absolute Gasteiger partial charge is 0.497 e. The number of halogens is 9. The molecule has 1 atom stereocenters. The van der Waals surface area contributed by atoms with E-state index >= 15 is 0 Å². The maximum Gasteiger partial charge on any atom is 0.573 e. The van der Waals surface area contributed by atoms with Gasteiger partial charge in [-0.3, -0.25) is 4.79 Å². The van der Waals surface area contributed by atoms with Crippen molar-refractivity contribution >= 4 is 5.91 Å². The monoisotopic (exact) mass is 593 g/mol. The fourth-order valence-corrected chi connectivity index (χ4v) is 4.68. The van der Waals surface area contributed by atoms with Gasteiger partial charge in [0.05, 0.1) is 31.4 Å². The minimum absolute atomic E-state index is 0.0348. The Labute approximate surface area is 227 Å². The largest absolute Gasteiger partial charge is 0.573 e. The molecule has 0 N–H and O–H groups in total. The summed E-state index contributed by atoms with van der Waals surface area (Å²) in [4.78, 5) is 14.7. The van der Waals surface area contributed by atoms with Crippen LogP contribution in [-0.2, 0) is 18.8 Å². The second kappa shape index (κ2) is 10.7. The van der Waals surface area contributed by atoms with Gasteiger partial charge in [-0.05, 0) is 53.9 Å². The highest BCUT2D eigenvalue weighted by Crippen LogP contribution is 2.45. The summed E-state index contributed by atoms with van der Waals surface area (Å²) in [6, 6.07) is 6.77. The SMILES string of the molecule is COc1cc2c(c(OC)c1)C(c1cccc(OC(F)(F)F)c1)N(C(=O)c1cc(C(F)(F)F)cc(C(F)(F)F)c1)CC2. The van der Waals surface area contributed by atoms with Gasteiger partial charge >= 0.3 is 18.7 Å². The van der Waals surface area contributed by atoms with Crippen molar-refractivity contribution in [2.45, 2.75) is 31.2 Å². The number of fused-ring (bicyclic) bond motifs is 1. The molecule has 0 spiro atoms. The molecule has 3 aromatic carbocycles. The van der Waals surface area contributed by atoms with Crippen molar-refractivity contribution in [2.24, 2.45) is 0 Å². The molecule has 0 fully saturated rings. The number of alkyl halides is 9. The number of amides is 1. The molecule has 5 nitrogen and oxygen atoms in total. The first kappa shape index (κ1) is 29.9. The first-order valence-corrected chi connectivity index (χ1v) is 11.7. The molecule has 0 bridgehead atoms. The molecule has 41 heavy (non-hydrogen) atoms. The van der Waals surface area contributed by atoms with Crippen molar-refractivity contribution in [1.29, 1.82) is 0 Å². The fourth-order valence-electron chi connectivity index (χ4n) is 4.68. The fraction of sp³-hybridized carbons (Fsp3) is 0.296. The Bertz CT molecular complexity index is 1400. The molecule has 0 saturated heterocycles. The number of carbonyl (C=O) groups is 1. The van der Waals surface area contributed by atoms with Gasteiger partial charge in [-0.2, -0.15) is 26.3 Å². The van der Waals surface area contributed by atoms with E-state index in [4.69, 9.17) is 9.47 Å². The lowest BCUT2D eigenvalue weighted by Crippen LogP contribution is -2.41. The molecule has 3 aromatic rings. The lowest BCUT2D eigenvalue weighted by atomic mass is 9.86. The zero-order valence-electron chi connectivity index (χ0n) is 21.2. The second-order valence-electron chi connectivity index (χ2n) is 8.97. The van der Waals surface area contributed by atoms with Crippen LogP contribution in [0, 0.1) is 0 Å². The van der Waals surface area contributed by atoms with Crippen LogP contribution in [0.4, 0.5) is 39.5 Å². The van der Waals surface area contributed by atoms with Gasteiger partial charge in [0.15, 0.2) is 0 Å². The van der Waals surface area contributed by atoms with Crippen LogP contribution in [0.1, 0.15) is 44.2 Å². The van der Waals surface area contributed by atoms with Crippen molar-refractivity contribution in [3.8, 4) is 17.2 Å². The summed E-state index contributed by atoms with van der Waals surface area (Å²) in [5.41, 5.74) is -3.44. The zero-order chi connectivity index (χ0) is 30.3. The van der Waals surface area contributed by atoms with Crippen molar-refractivity contribution < 1.29 is 58.5 Å². The molecule has 1 heterocycles. The Kier molecular flexibility index (Phi) is 7.80. The summed E-state index contributed by atoms with van der Waals surface area (Å²) in [7, 11) is 2.65. The van der Waals surface area contributed by atoms with Crippen LogP contribution in [-0.4, -0.2) is 37.9 Å². The molecule has 1 aliphatic heterocycles. The third kappa shape index (κ3) is 6.46. The molecule has 220 valence electrons. The maximum absolute atomic E-state index is 13.7. The summed E-state index contributed by atoms with van der Waals surface area (Å²) in [6.07, 6.45) is -15.4. The number of ether oxygens (including phenoxy) is 3. The van der Waals surface area contributed by atoms with Crippen LogP contribution in [0.5, 0.6) is 17.2 Å². The van der Waals surface area contributed by atoms with Crippen LogP contribution >= 0.6 is 0 Å². The normalized spacial score (nSPS) is 15.8. The van der Waals surface area contributed by atoms with Crippen molar-refractivity contribution in [2.75, 3.05) is 20.8 Å². The van der Waals surface area contributed by atoms with Crippen LogP contribution < -0.4 is 14.2 Å². The third-order valence-electron chi connectivity index (χ3n) is 6.37. The summed E-state index contributed by atoms with van der Waals surface area (Å²) in [5.74, 6) is -1.39. The van der Waals surface area contributed by atoms with Gasteiger partial charge in [0.1, 0.15) is 17.2 Å². The Morgan fingerprint density at radius 3 is 1.98 bits per heavy atom. The molecule has 1 unspecified atom stereocenters. The van der Waals surface area contributed by atoms with Crippen LogP contribution in [0.25, 0.3) is 0 Å². The van der Waals surface area contributed by atoms with Crippen molar-refractivity contribution in [1.82, 2.24) is 4.90 Å². The Morgan fingerprint density at radius 2 is 1.44 bits per heavy atom. The van der Waals surface area contributed by atoms with Gasteiger partial charge in [-0.15, -0.1) is 13.2 Å². The molecule has 4 rings (SSSR count). The zero-order valence-corrected chi connectivity index (χ0v) is 21.2. The minimum atomic E-state index is -5.20. The highest BCUT2D eigenvalue weighted by Gasteiger charge is 2.40. The van der Waals surface area contributed by atoms with E-state index in [1.807, 2.05) is 0 Å². The summed E-state index contributed by atoms with van der Waals surface area (Å²) >= 11 is 0. The number of rotatable bonds is 5. The third-order valence-corrected chi connectivity index (χ3v) is 6.37. The standard InChI is InChI=1S/C27H20F9NO4/c1-39-20-10-14-6-7-37(24(38)16-8-17(25(28,29)30)12-18(9-16)26(31,32)33)23(22(14)21(13-20)40-2)15-4-3-5-19(11-15)41-27(34,35)36/h3-5,8-13,23H,6-7H2,1-2H3. The van der Waals surface area contributed by atoms with Gasteiger partial charge in [0.25, 0.3) is 5.91 Å².